The van der Waals surface area contributed by atoms with E-state index in [2.05, 4.69) is 34.0 Å². The van der Waals surface area contributed by atoms with Crippen molar-refractivity contribution < 1.29 is 4.74 Å². The summed E-state index contributed by atoms with van der Waals surface area (Å²) in [6.45, 7) is 11.2. The van der Waals surface area contributed by atoms with Crippen LogP contribution in [0.4, 0.5) is 0 Å². The molecule has 0 spiro atoms. The molecule has 0 amide bonds. The number of halogens is 1. The van der Waals surface area contributed by atoms with Gasteiger partial charge in [0.05, 0.1) is 19.3 Å². The highest BCUT2D eigenvalue weighted by atomic mass is 127. The molecule has 5 nitrogen and oxygen atoms in total. The summed E-state index contributed by atoms with van der Waals surface area (Å²) < 4.78 is 5.90. The van der Waals surface area contributed by atoms with E-state index in [9.17, 15) is 0 Å². The lowest BCUT2D eigenvalue weighted by atomic mass is 10.2. The van der Waals surface area contributed by atoms with Gasteiger partial charge in [0.1, 0.15) is 0 Å². The minimum atomic E-state index is 0. The van der Waals surface area contributed by atoms with Gasteiger partial charge in [-0.05, 0) is 26.3 Å². The minimum absolute atomic E-state index is 0. The average molecular weight is 394 g/mol. The highest BCUT2D eigenvalue weighted by molar-refractivity contribution is 14.0. The molecule has 2 aliphatic heterocycles. The van der Waals surface area contributed by atoms with Crippen LogP contribution in [0.3, 0.4) is 0 Å². The topological polar surface area (TPSA) is 48.9 Å². The molecule has 0 saturated carbocycles. The van der Waals surface area contributed by atoms with Crippen LogP contribution in [0.2, 0.25) is 0 Å². The van der Waals surface area contributed by atoms with E-state index in [-0.39, 0.29) is 30.1 Å². The number of nitrogens with zero attached hydrogens (tertiary/aromatic N) is 2. The Balaban J connectivity index is 0.00000200. The number of guanidine groups is 1. The molecule has 6 heteroatoms. The van der Waals surface area contributed by atoms with Crippen molar-refractivity contribution in [3.8, 4) is 0 Å². The molecule has 0 aromatic heterocycles. The van der Waals surface area contributed by atoms with Crippen molar-refractivity contribution in [2.24, 2.45) is 4.99 Å². The van der Waals surface area contributed by atoms with Gasteiger partial charge in [0, 0.05) is 25.7 Å². The monoisotopic (exact) mass is 394 g/mol. The van der Waals surface area contributed by atoms with Crippen molar-refractivity contribution in [3.05, 3.63) is 12.7 Å². The van der Waals surface area contributed by atoms with Gasteiger partial charge in [-0.15, -0.1) is 30.6 Å². The van der Waals surface area contributed by atoms with Gasteiger partial charge in [-0.25, -0.2) is 0 Å². The van der Waals surface area contributed by atoms with Crippen LogP contribution in [-0.4, -0.2) is 62.3 Å². The molecule has 2 rings (SSSR count). The van der Waals surface area contributed by atoms with Crippen LogP contribution in [-0.2, 0) is 4.74 Å². The molecule has 0 aliphatic carbocycles. The third kappa shape index (κ3) is 5.21. The second kappa shape index (κ2) is 9.57. The molecular formula is C14H27IN4O. The zero-order chi connectivity index (χ0) is 13.5. The maximum Gasteiger partial charge on any atom is 0.191 e. The fraction of sp³-hybridized carbons (Fsp3) is 0.786. The van der Waals surface area contributed by atoms with Gasteiger partial charge in [0.15, 0.2) is 5.96 Å². The Bertz CT molecular complexity index is 324. The number of ether oxygens (including phenoxy) is 1. The van der Waals surface area contributed by atoms with E-state index in [1.807, 2.05) is 6.08 Å². The molecule has 2 saturated heterocycles. The summed E-state index contributed by atoms with van der Waals surface area (Å²) in [5, 5.41) is 6.43. The Morgan fingerprint density at radius 1 is 1.50 bits per heavy atom. The van der Waals surface area contributed by atoms with Gasteiger partial charge in [-0.2, -0.15) is 0 Å². The fourth-order valence-corrected chi connectivity index (χ4v) is 2.70. The first-order chi connectivity index (χ1) is 9.33. The maximum absolute atomic E-state index is 5.90. The van der Waals surface area contributed by atoms with E-state index >= 15 is 0 Å². The number of nitrogens with one attached hydrogen (secondary N) is 2. The van der Waals surface area contributed by atoms with Crippen LogP contribution in [0.25, 0.3) is 0 Å². The van der Waals surface area contributed by atoms with Crippen molar-refractivity contribution >= 4 is 29.9 Å². The van der Waals surface area contributed by atoms with Gasteiger partial charge < -0.3 is 15.4 Å². The Kier molecular flexibility index (Phi) is 8.47. The van der Waals surface area contributed by atoms with Gasteiger partial charge >= 0.3 is 0 Å². The average Bonchev–Trinajstić information content (AvgIpc) is 2.89. The summed E-state index contributed by atoms with van der Waals surface area (Å²) in [5.74, 6) is 0.842. The van der Waals surface area contributed by atoms with Crippen molar-refractivity contribution in [2.75, 3.05) is 39.3 Å². The summed E-state index contributed by atoms with van der Waals surface area (Å²) in [5.41, 5.74) is 0. The summed E-state index contributed by atoms with van der Waals surface area (Å²) in [6, 6.07) is 0.660. The molecular weight excluding hydrogens is 367 g/mol. The van der Waals surface area contributed by atoms with E-state index in [1.54, 1.807) is 0 Å². The molecule has 20 heavy (non-hydrogen) atoms. The summed E-state index contributed by atoms with van der Waals surface area (Å²) >= 11 is 0. The summed E-state index contributed by atoms with van der Waals surface area (Å²) in [7, 11) is 0. The standard InChI is InChI=1S/C14H26N4O.HI/c1-3-7-16-14(15-4-2)17-9-13-10-18-8-5-6-12(18)11-19-13;/h3,12-13H,1,4-11H2,2H3,(H2,15,16,17);1H. The number of hydrogen-bond donors (Lipinski definition) is 2. The number of fused-ring (bicyclic) bond motifs is 1. The van der Waals surface area contributed by atoms with Gasteiger partial charge in [0.25, 0.3) is 0 Å². The third-order valence-corrected chi connectivity index (χ3v) is 3.67. The van der Waals surface area contributed by atoms with E-state index in [4.69, 9.17) is 4.74 Å². The van der Waals surface area contributed by atoms with Crippen LogP contribution in [0.1, 0.15) is 19.8 Å². The summed E-state index contributed by atoms with van der Waals surface area (Å²) in [4.78, 5) is 7.13. The van der Waals surface area contributed by atoms with E-state index in [1.165, 1.54) is 19.4 Å². The van der Waals surface area contributed by atoms with Crippen LogP contribution >= 0.6 is 24.0 Å². The molecule has 0 aromatic rings. The summed E-state index contributed by atoms with van der Waals surface area (Å²) in [6.07, 6.45) is 4.67. The highest BCUT2D eigenvalue weighted by Gasteiger charge is 2.31. The molecule has 0 radical (unpaired) electrons. The second-order valence-corrected chi connectivity index (χ2v) is 5.14. The molecule has 2 atom stereocenters. The zero-order valence-corrected chi connectivity index (χ0v) is 14.6. The maximum atomic E-state index is 5.90. The number of aliphatic imine (C=N–C) groups is 1. The van der Waals surface area contributed by atoms with Gasteiger partial charge in [-0.1, -0.05) is 6.08 Å². The molecule has 116 valence electrons. The largest absolute Gasteiger partial charge is 0.373 e. The fourth-order valence-electron chi connectivity index (χ4n) is 2.70. The molecule has 2 unspecified atom stereocenters. The molecule has 2 heterocycles. The lowest BCUT2D eigenvalue weighted by Gasteiger charge is -2.34. The first kappa shape index (κ1) is 17.7. The van der Waals surface area contributed by atoms with Crippen molar-refractivity contribution in [2.45, 2.75) is 31.9 Å². The van der Waals surface area contributed by atoms with Gasteiger partial charge in [-0.3, -0.25) is 9.89 Å². The van der Waals surface area contributed by atoms with Gasteiger partial charge in [0.2, 0.25) is 0 Å². The zero-order valence-electron chi connectivity index (χ0n) is 12.3. The van der Waals surface area contributed by atoms with E-state index < -0.39 is 0 Å². The smallest absolute Gasteiger partial charge is 0.191 e. The lowest BCUT2D eigenvalue weighted by molar-refractivity contribution is -0.0432. The molecule has 0 aromatic carbocycles. The Hall–Kier alpha value is -0.340. The normalized spacial score (nSPS) is 26.6. The van der Waals surface area contributed by atoms with Crippen LogP contribution in [0.15, 0.2) is 17.6 Å². The Morgan fingerprint density at radius 3 is 3.10 bits per heavy atom. The number of hydrogen-bond acceptors (Lipinski definition) is 3. The first-order valence-electron chi connectivity index (χ1n) is 7.32. The second-order valence-electron chi connectivity index (χ2n) is 5.14. The third-order valence-electron chi connectivity index (χ3n) is 3.67. The first-order valence-corrected chi connectivity index (χ1v) is 7.32. The number of morpholine rings is 1. The van der Waals surface area contributed by atoms with Crippen molar-refractivity contribution in [3.63, 3.8) is 0 Å². The lowest BCUT2D eigenvalue weighted by Crippen LogP contribution is -2.47. The van der Waals surface area contributed by atoms with Crippen LogP contribution in [0.5, 0.6) is 0 Å². The predicted octanol–water partition coefficient (Wildman–Crippen LogP) is 1.21. The quantitative estimate of drug-likeness (QED) is 0.319. The van der Waals surface area contributed by atoms with Crippen molar-refractivity contribution in [1.82, 2.24) is 15.5 Å². The molecule has 0 bridgehead atoms. The van der Waals surface area contributed by atoms with Crippen LogP contribution in [0, 0.1) is 0 Å². The predicted molar refractivity (Wildman–Crippen MR) is 93.9 cm³/mol. The Labute approximate surface area is 139 Å². The SMILES string of the molecule is C=CCNC(=NCC1CN2CCCC2CO1)NCC.I. The van der Waals surface area contributed by atoms with Crippen LogP contribution < -0.4 is 10.6 Å². The molecule has 2 fully saturated rings. The van der Waals surface area contributed by atoms with E-state index in [0.717, 1.165) is 38.7 Å². The number of rotatable bonds is 5. The Morgan fingerprint density at radius 2 is 2.35 bits per heavy atom. The highest BCUT2D eigenvalue weighted by Crippen LogP contribution is 2.22. The molecule has 2 aliphatic rings. The molecule has 2 N–H and O–H groups in total. The van der Waals surface area contributed by atoms with E-state index in [0.29, 0.717) is 6.04 Å². The minimum Gasteiger partial charge on any atom is -0.373 e. The van der Waals surface area contributed by atoms with Crippen molar-refractivity contribution in [1.29, 1.82) is 0 Å².